The van der Waals surface area contributed by atoms with E-state index in [0.717, 1.165) is 44.0 Å². The van der Waals surface area contributed by atoms with E-state index < -0.39 is 0 Å². The van der Waals surface area contributed by atoms with E-state index in [2.05, 4.69) is 45.2 Å². The Morgan fingerprint density at radius 3 is 2.25 bits per heavy atom. The summed E-state index contributed by atoms with van der Waals surface area (Å²) in [6.45, 7) is 5.54. The van der Waals surface area contributed by atoms with E-state index in [9.17, 15) is 4.79 Å². The van der Waals surface area contributed by atoms with Crippen LogP contribution in [0.25, 0.3) is 0 Å². The molecular formula is C22H27N5O. The first-order valence-electron chi connectivity index (χ1n) is 9.77. The summed E-state index contributed by atoms with van der Waals surface area (Å²) in [5.74, 6) is -0.0124. The molecule has 6 nitrogen and oxygen atoms in total. The summed E-state index contributed by atoms with van der Waals surface area (Å²) in [5, 5.41) is 6.12. The molecule has 0 radical (unpaired) electrons. The lowest BCUT2D eigenvalue weighted by Crippen LogP contribution is -2.50. The van der Waals surface area contributed by atoms with Crippen molar-refractivity contribution >= 4 is 17.3 Å². The van der Waals surface area contributed by atoms with Crippen molar-refractivity contribution < 1.29 is 4.79 Å². The molecule has 146 valence electrons. The number of hydrogen-bond donors (Lipinski definition) is 0. The van der Waals surface area contributed by atoms with Gasteiger partial charge in [0.25, 0.3) is 5.91 Å². The summed E-state index contributed by atoms with van der Waals surface area (Å²) >= 11 is 0. The van der Waals surface area contributed by atoms with Gasteiger partial charge in [-0.1, -0.05) is 48.5 Å². The Labute approximate surface area is 166 Å². The van der Waals surface area contributed by atoms with Crippen LogP contribution in [-0.2, 0) is 11.3 Å². The van der Waals surface area contributed by atoms with Crippen LogP contribution in [0.1, 0.15) is 11.1 Å². The maximum Gasteiger partial charge on any atom is 0.280 e. The van der Waals surface area contributed by atoms with Crippen molar-refractivity contribution in [2.24, 2.45) is 5.10 Å². The molecule has 6 heteroatoms. The SMILES string of the molecule is CN(C)/N=C1/C(=O)N(CN2CCN(Cc3ccccc3)CC2)c2ccccc21. The van der Waals surface area contributed by atoms with E-state index in [1.54, 1.807) is 5.01 Å². The van der Waals surface area contributed by atoms with Gasteiger partial charge in [0.05, 0.1) is 12.4 Å². The standard InChI is InChI=1S/C22H27N5O/c1-24(2)23-21-19-10-6-7-11-20(19)27(22(21)28)17-26-14-12-25(13-15-26)16-18-8-4-3-5-9-18/h3-11H,12-17H2,1-2H3/b23-21+. The molecule has 28 heavy (non-hydrogen) atoms. The van der Waals surface area contributed by atoms with E-state index in [0.29, 0.717) is 12.4 Å². The lowest BCUT2D eigenvalue weighted by molar-refractivity contribution is -0.112. The Hall–Kier alpha value is -2.70. The van der Waals surface area contributed by atoms with E-state index in [4.69, 9.17) is 0 Å². The van der Waals surface area contributed by atoms with Crippen LogP contribution < -0.4 is 4.90 Å². The van der Waals surface area contributed by atoms with Crippen molar-refractivity contribution in [3.05, 3.63) is 65.7 Å². The molecule has 2 aromatic rings. The number of anilines is 1. The molecule has 0 atom stereocenters. The molecule has 2 aromatic carbocycles. The lowest BCUT2D eigenvalue weighted by Gasteiger charge is -2.36. The Kier molecular flexibility index (Phi) is 5.41. The largest absolute Gasteiger partial charge is 0.302 e. The first-order valence-corrected chi connectivity index (χ1v) is 9.77. The third-order valence-electron chi connectivity index (χ3n) is 5.25. The summed E-state index contributed by atoms with van der Waals surface area (Å²) in [6.07, 6.45) is 0. The number of nitrogens with zero attached hydrogens (tertiary/aromatic N) is 5. The average molecular weight is 377 g/mol. The van der Waals surface area contributed by atoms with Crippen LogP contribution in [0.2, 0.25) is 0 Å². The molecule has 0 aliphatic carbocycles. The van der Waals surface area contributed by atoms with Gasteiger partial charge in [-0.15, -0.1) is 0 Å². The number of piperazine rings is 1. The number of para-hydroxylation sites is 1. The predicted octanol–water partition coefficient (Wildman–Crippen LogP) is 2.07. The van der Waals surface area contributed by atoms with Gasteiger partial charge in [0, 0.05) is 52.4 Å². The van der Waals surface area contributed by atoms with Crippen LogP contribution in [0, 0.1) is 0 Å². The summed E-state index contributed by atoms with van der Waals surface area (Å²) in [4.78, 5) is 19.7. The monoisotopic (exact) mass is 377 g/mol. The van der Waals surface area contributed by atoms with Crippen molar-refractivity contribution in [2.75, 3.05) is 51.8 Å². The van der Waals surface area contributed by atoms with Crippen LogP contribution in [0.15, 0.2) is 59.7 Å². The third-order valence-corrected chi connectivity index (χ3v) is 5.25. The number of rotatable bonds is 5. The number of benzene rings is 2. The van der Waals surface area contributed by atoms with Gasteiger partial charge < -0.3 is 5.01 Å². The third kappa shape index (κ3) is 3.93. The molecule has 2 heterocycles. The molecule has 4 rings (SSSR count). The van der Waals surface area contributed by atoms with Gasteiger partial charge in [-0.3, -0.25) is 19.5 Å². The lowest BCUT2D eigenvalue weighted by atomic mass is 10.1. The molecule has 2 aliphatic rings. The highest BCUT2D eigenvalue weighted by atomic mass is 16.2. The molecule has 1 fully saturated rings. The maximum atomic E-state index is 13.0. The van der Waals surface area contributed by atoms with Crippen LogP contribution in [0.5, 0.6) is 0 Å². The van der Waals surface area contributed by atoms with E-state index in [-0.39, 0.29) is 5.91 Å². The van der Waals surface area contributed by atoms with E-state index >= 15 is 0 Å². The predicted molar refractivity (Wildman–Crippen MR) is 112 cm³/mol. The zero-order valence-electron chi connectivity index (χ0n) is 16.6. The van der Waals surface area contributed by atoms with Crippen molar-refractivity contribution in [3.63, 3.8) is 0 Å². The molecule has 1 amide bonds. The number of fused-ring (bicyclic) bond motifs is 1. The molecule has 0 spiro atoms. The minimum absolute atomic E-state index is 0.0124. The van der Waals surface area contributed by atoms with Gasteiger partial charge in [0.1, 0.15) is 0 Å². The van der Waals surface area contributed by atoms with Crippen molar-refractivity contribution in [2.45, 2.75) is 6.54 Å². The van der Waals surface area contributed by atoms with Crippen LogP contribution in [-0.4, -0.2) is 73.4 Å². The Balaban J connectivity index is 1.41. The van der Waals surface area contributed by atoms with Crippen LogP contribution in [0.4, 0.5) is 5.69 Å². The Morgan fingerprint density at radius 2 is 1.54 bits per heavy atom. The smallest absolute Gasteiger partial charge is 0.280 e. The molecule has 0 N–H and O–H groups in total. The van der Waals surface area contributed by atoms with Crippen LogP contribution >= 0.6 is 0 Å². The summed E-state index contributed by atoms with van der Waals surface area (Å²) in [6, 6.07) is 18.5. The average Bonchev–Trinajstić information content (AvgIpc) is 2.96. The molecule has 0 unspecified atom stereocenters. The van der Waals surface area contributed by atoms with Crippen molar-refractivity contribution in [1.29, 1.82) is 0 Å². The summed E-state index contributed by atoms with van der Waals surface area (Å²) in [7, 11) is 3.69. The quantitative estimate of drug-likeness (QED) is 0.749. The number of carbonyl (C=O) groups is 1. The van der Waals surface area contributed by atoms with E-state index in [1.165, 1.54) is 5.56 Å². The first kappa shape index (κ1) is 18.7. The summed E-state index contributed by atoms with van der Waals surface area (Å²) < 4.78 is 0. The zero-order valence-corrected chi connectivity index (χ0v) is 16.6. The second kappa shape index (κ2) is 8.12. The normalized spacial score (nSPS) is 19.3. The highest BCUT2D eigenvalue weighted by molar-refractivity contribution is 6.54. The van der Waals surface area contributed by atoms with Gasteiger partial charge in [-0.2, -0.15) is 5.10 Å². The first-order chi connectivity index (χ1) is 13.6. The fourth-order valence-corrected chi connectivity index (χ4v) is 3.83. The zero-order chi connectivity index (χ0) is 19.5. The van der Waals surface area contributed by atoms with Gasteiger partial charge in [0.2, 0.25) is 0 Å². The molecule has 0 saturated carbocycles. The van der Waals surface area contributed by atoms with E-state index in [1.807, 2.05) is 43.3 Å². The van der Waals surface area contributed by atoms with Gasteiger partial charge in [-0.25, -0.2) is 0 Å². The Bertz CT molecular complexity index is 856. The maximum absolute atomic E-state index is 13.0. The van der Waals surface area contributed by atoms with Gasteiger partial charge >= 0.3 is 0 Å². The van der Waals surface area contributed by atoms with Crippen LogP contribution in [0.3, 0.4) is 0 Å². The number of hydrogen-bond acceptors (Lipinski definition) is 5. The Morgan fingerprint density at radius 1 is 0.893 bits per heavy atom. The van der Waals surface area contributed by atoms with Gasteiger partial charge in [-0.05, 0) is 11.6 Å². The molecule has 1 saturated heterocycles. The van der Waals surface area contributed by atoms with Gasteiger partial charge in [0.15, 0.2) is 5.71 Å². The summed E-state index contributed by atoms with van der Waals surface area (Å²) in [5.41, 5.74) is 3.76. The minimum atomic E-state index is -0.0124. The number of amides is 1. The molecule has 0 bridgehead atoms. The second-order valence-electron chi connectivity index (χ2n) is 7.57. The highest BCUT2D eigenvalue weighted by Gasteiger charge is 2.35. The number of hydrazone groups is 1. The second-order valence-corrected chi connectivity index (χ2v) is 7.57. The van der Waals surface area contributed by atoms with Crippen molar-refractivity contribution in [3.8, 4) is 0 Å². The fraction of sp³-hybridized carbons (Fsp3) is 0.364. The number of carbonyl (C=O) groups excluding carboxylic acids is 1. The molecule has 0 aromatic heterocycles. The fourth-order valence-electron chi connectivity index (χ4n) is 3.83. The topological polar surface area (TPSA) is 42.4 Å². The molecule has 2 aliphatic heterocycles. The van der Waals surface area contributed by atoms with Crippen molar-refractivity contribution in [1.82, 2.24) is 14.8 Å². The highest BCUT2D eigenvalue weighted by Crippen LogP contribution is 2.29. The minimum Gasteiger partial charge on any atom is -0.302 e. The molecular weight excluding hydrogens is 350 g/mol.